The Balaban J connectivity index is 0.000000278. The molecule has 0 aliphatic heterocycles. The van der Waals surface area contributed by atoms with Gasteiger partial charge >= 0.3 is 54.9 Å². The second-order valence-corrected chi connectivity index (χ2v) is 11.9. The van der Waals surface area contributed by atoms with E-state index < -0.39 is 20.8 Å². The van der Waals surface area contributed by atoms with Crippen molar-refractivity contribution in [3.8, 4) is 0 Å². The van der Waals surface area contributed by atoms with Crippen molar-refractivity contribution >= 4 is 17.0 Å². The fraction of sp³-hybridized carbons (Fsp3) is 0.286. The van der Waals surface area contributed by atoms with Crippen LogP contribution in [0.5, 0.6) is 0 Å². The summed E-state index contributed by atoms with van der Waals surface area (Å²) in [5, 5.41) is 0. The number of halogens is 2. The molecule has 32 heavy (non-hydrogen) atoms. The van der Waals surface area contributed by atoms with E-state index in [1.165, 1.54) is 71.0 Å². The fourth-order valence-electron chi connectivity index (χ4n) is 4.38. The minimum Gasteiger partial charge on any atom is 2.00 e. The first-order valence-electron chi connectivity index (χ1n) is 10.5. The van der Waals surface area contributed by atoms with Crippen molar-refractivity contribution in [1.29, 1.82) is 0 Å². The van der Waals surface area contributed by atoms with E-state index in [1.807, 2.05) is 0 Å². The maximum atomic E-state index is 4.93. The molecule has 0 aromatic heterocycles. The third-order valence-corrected chi connectivity index (χ3v) is 6.78. The number of hydrogen-bond donors (Lipinski definition) is 0. The molecule has 0 atom stereocenters. The smallest absolute Gasteiger partial charge is 2.00 e. The van der Waals surface area contributed by atoms with Crippen LogP contribution in [0.25, 0.3) is 0 Å². The van der Waals surface area contributed by atoms with Crippen molar-refractivity contribution < 1.29 is 37.9 Å². The van der Waals surface area contributed by atoms with Gasteiger partial charge in [0.05, 0.1) is 0 Å². The molecule has 166 valence electrons. The largest absolute Gasteiger partial charge is 2.00 e. The summed E-state index contributed by atoms with van der Waals surface area (Å²) >= 11 is -0.826. The Morgan fingerprint density at radius 1 is 0.438 bits per heavy atom. The van der Waals surface area contributed by atoms with Gasteiger partial charge in [0.2, 0.25) is 0 Å². The van der Waals surface area contributed by atoms with E-state index in [0.29, 0.717) is 0 Å². The Morgan fingerprint density at radius 2 is 0.625 bits per heavy atom. The third kappa shape index (κ3) is 7.50. The van der Waals surface area contributed by atoms with Gasteiger partial charge in [0.1, 0.15) is 0 Å². The van der Waals surface area contributed by atoms with Crippen LogP contribution in [0.15, 0.2) is 0 Å². The summed E-state index contributed by atoms with van der Waals surface area (Å²) in [6.07, 6.45) is 17.2. The summed E-state index contributed by atoms with van der Waals surface area (Å²) in [6, 6.07) is 0. The van der Waals surface area contributed by atoms with Crippen molar-refractivity contribution in [2.24, 2.45) is 0 Å². The Labute approximate surface area is 231 Å². The van der Waals surface area contributed by atoms with E-state index in [-0.39, 0.29) is 17.1 Å². The third-order valence-electron chi connectivity index (χ3n) is 6.78. The van der Waals surface area contributed by atoms with Crippen LogP contribution in [0.4, 0.5) is 0 Å². The molecule has 0 N–H and O–H groups in total. The molecule has 4 saturated carbocycles. The molecule has 0 unspecified atom stereocenters. The molecular weight excluding hydrogens is 554 g/mol. The van der Waals surface area contributed by atoms with Crippen LogP contribution in [0.2, 0.25) is 0 Å². The van der Waals surface area contributed by atoms with Crippen molar-refractivity contribution in [3.05, 3.63) is 122 Å². The van der Waals surface area contributed by atoms with Crippen LogP contribution in [-0.2, 0) is 37.9 Å². The second kappa shape index (κ2) is 15.3. The topological polar surface area (TPSA) is 0 Å². The van der Waals surface area contributed by atoms with Gasteiger partial charge in [-0.05, 0) is 122 Å². The normalized spacial score (nSPS) is 27.3. The minimum atomic E-state index is -0.826. The second-order valence-electron chi connectivity index (χ2n) is 8.17. The minimum absolute atomic E-state index is 0. The number of rotatable bonds is 2. The molecule has 0 nitrogen and oxygen atoms in total. The average Bonchev–Trinajstić information content (AvgIpc) is 3.52. The van der Waals surface area contributed by atoms with Crippen LogP contribution in [0.1, 0.15) is 55.4 Å². The summed E-state index contributed by atoms with van der Waals surface area (Å²) in [7, 11) is 9.87. The van der Waals surface area contributed by atoms with Crippen LogP contribution in [-0.4, -0.2) is 0 Å². The van der Waals surface area contributed by atoms with Crippen molar-refractivity contribution in [2.75, 3.05) is 0 Å². The van der Waals surface area contributed by atoms with Crippen molar-refractivity contribution in [1.82, 2.24) is 0 Å². The molecule has 4 rings (SSSR count). The van der Waals surface area contributed by atoms with Crippen LogP contribution in [0.3, 0.4) is 0 Å². The van der Waals surface area contributed by atoms with Crippen LogP contribution >= 0.6 is 17.0 Å². The van der Waals surface area contributed by atoms with Crippen molar-refractivity contribution in [3.63, 3.8) is 0 Å². The van der Waals surface area contributed by atoms with Gasteiger partial charge < -0.3 is 0 Å². The molecule has 4 aliphatic rings. The predicted octanol–water partition coefficient (Wildman–Crippen LogP) is 8.09. The predicted molar refractivity (Wildman–Crippen MR) is 130 cm³/mol. The summed E-state index contributed by atoms with van der Waals surface area (Å²) in [5.41, 5.74) is 0. The maximum absolute atomic E-state index is 4.93. The fourth-order valence-corrected chi connectivity index (χ4v) is 4.38. The maximum Gasteiger partial charge on any atom is 2.00 e. The van der Waals surface area contributed by atoms with Crippen LogP contribution in [0, 0.1) is 122 Å². The first-order valence-corrected chi connectivity index (χ1v) is 16.9. The van der Waals surface area contributed by atoms with Gasteiger partial charge in [0.25, 0.3) is 0 Å². The molecule has 0 aromatic rings. The molecule has 4 aliphatic carbocycles. The van der Waals surface area contributed by atoms with E-state index in [0.717, 1.165) is 0 Å². The van der Waals surface area contributed by atoms with E-state index in [9.17, 15) is 0 Å². The molecule has 0 amide bonds. The Morgan fingerprint density at radius 3 is 0.812 bits per heavy atom. The summed E-state index contributed by atoms with van der Waals surface area (Å²) < 4.78 is 0. The Kier molecular flexibility index (Phi) is 15.3. The van der Waals surface area contributed by atoms with Gasteiger partial charge in [-0.3, -0.25) is 0 Å². The van der Waals surface area contributed by atoms with Crippen LogP contribution < -0.4 is 0 Å². The Hall–Kier alpha value is 1.98. The van der Waals surface area contributed by atoms with Crippen molar-refractivity contribution in [2.45, 2.75) is 55.4 Å². The molecule has 4 heteroatoms. The standard InChI is InChI=1S/2C14H16.2ClH.Fe.Zr/c2*1-9-10(2)12(4)14(11(9)3)13-7-5-6-8-13;;;;/h2*5-8H,1-4H3;2*1H;;/q;;;;+2;+4/p-2. The van der Waals surface area contributed by atoms with Gasteiger partial charge in [0, 0.05) is 0 Å². The van der Waals surface area contributed by atoms with E-state index in [4.69, 9.17) is 17.0 Å². The van der Waals surface area contributed by atoms with Gasteiger partial charge in [0.15, 0.2) is 0 Å². The number of hydrogen-bond acceptors (Lipinski definition) is 0. The van der Waals surface area contributed by atoms with E-state index in [1.54, 1.807) is 0 Å². The molecule has 0 aromatic carbocycles. The average molecular weight is 587 g/mol. The molecule has 0 heterocycles. The summed E-state index contributed by atoms with van der Waals surface area (Å²) in [6.45, 7) is 17.7. The zero-order chi connectivity index (χ0) is 23.3. The van der Waals surface area contributed by atoms with Gasteiger partial charge in [-0.1, -0.05) is 55.4 Å². The first kappa shape index (κ1) is 32.0. The zero-order valence-electron chi connectivity index (χ0n) is 20.2. The SMILES string of the molecule is C[C]1[C](C)[C](C)[C]([C]2[CH][CH][CH][CH]2)[C]1C.C[C]1[C](C)[C](C)[C]([C]2[CH][CH][CH][CH]2)[C]1C.[Cl][Zr+2][Cl].[Fe+2]. The Bertz CT molecular complexity index is 428. The molecule has 4 fully saturated rings. The molecule has 0 saturated heterocycles. The zero-order valence-corrected chi connectivity index (χ0v) is 25.3. The molecule has 20 radical (unpaired) electrons. The van der Waals surface area contributed by atoms with Gasteiger partial charge in [-0.25, -0.2) is 0 Å². The van der Waals surface area contributed by atoms with Gasteiger partial charge in [-0.2, -0.15) is 0 Å². The molecular formula is C28H32Cl2FeZr+4. The summed E-state index contributed by atoms with van der Waals surface area (Å²) in [5.74, 6) is 17.1. The van der Waals surface area contributed by atoms with E-state index >= 15 is 0 Å². The quantitative estimate of drug-likeness (QED) is 0.287. The van der Waals surface area contributed by atoms with E-state index in [2.05, 4.69) is 107 Å². The molecule has 0 spiro atoms. The first-order chi connectivity index (χ1) is 14.7. The summed E-state index contributed by atoms with van der Waals surface area (Å²) in [4.78, 5) is 0. The molecule has 0 bridgehead atoms. The van der Waals surface area contributed by atoms with Gasteiger partial charge in [-0.15, -0.1) is 0 Å². The monoisotopic (exact) mass is 584 g/mol.